The van der Waals surface area contributed by atoms with Crippen LogP contribution in [0, 0.1) is 24.0 Å². The lowest BCUT2D eigenvalue weighted by molar-refractivity contribution is -0.385. The predicted molar refractivity (Wildman–Crippen MR) is 99.0 cm³/mol. The van der Waals surface area contributed by atoms with E-state index in [-0.39, 0.29) is 28.9 Å². The number of nitro benzene ring substituents is 1. The van der Waals surface area contributed by atoms with Crippen molar-refractivity contribution in [2.75, 3.05) is 13.2 Å². The quantitative estimate of drug-likeness (QED) is 0.258. The molecule has 1 aliphatic heterocycles. The number of H-pyrrole nitrogens is 1. The van der Waals surface area contributed by atoms with E-state index in [1.165, 1.54) is 12.1 Å². The molecule has 10 nitrogen and oxygen atoms in total. The standard InChI is InChI=1S/C19H17N3O7/c1-4-29-19(26)15-10(3)20-9(2)14(15)13(23)8-21-17(24)11-6-5-7-12(22(27)28)16(11)18(21)25/h5-7,20H,4,8H2,1-3H3. The van der Waals surface area contributed by atoms with Crippen molar-refractivity contribution in [3.8, 4) is 0 Å². The molecule has 0 atom stereocenters. The van der Waals surface area contributed by atoms with Crippen molar-refractivity contribution < 1.29 is 28.8 Å². The van der Waals surface area contributed by atoms with Gasteiger partial charge < -0.3 is 9.72 Å². The summed E-state index contributed by atoms with van der Waals surface area (Å²) < 4.78 is 4.98. The number of esters is 1. The van der Waals surface area contributed by atoms with E-state index in [9.17, 15) is 29.3 Å². The number of aryl methyl sites for hydroxylation is 2. The smallest absolute Gasteiger partial charge is 0.340 e. The number of amides is 2. The highest BCUT2D eigenvalue weighted by atomic mass is 16.6. The Hall–Kier alpha value is -3.82. The van der Waals surface area contributed by atoms with Crippen molar-refractivity contribution >= 4 is 29.3 Å². The van der Waals surface area contributed by atoms with Crippen molar-refractivity contribution in [3.63, 3.8) is 0 Å². The fourth-order valence-electron chi connectivity index (χ4n) is 3.42. The number of hydrogen-bond donors (Lipinski definition) is 1. The normalized spacial score (nSPS) is 12.9. The number of ether oxygens (including phenoxy) is 1. The molecule has 0 saturated carbocycles. The molecule has 0 radical (unpaired) electrons. The average Bonchev–Trinajstić information content (AvgIpc) is 3.09. The fourth-order valence-corrected chi connectivity index (χ4v) is 3.42. The van der Waals surface area contributed by atoms with Crippen molar-refractivity contribution in [2.45, 2.75) is 20.8 Å². The van der Waals surface area contributed by atoms with Gasteiger partial charge in [0.1, 0.15) is 5.56 Å². The molecule has 2 heterocycles. The van der Waals surface area contributed by atoms with Crippen LogP contribution in [0.2, 0.25) is 0 Å². The molecule has 10 heteroatoms. The first-order valence-corrected chi connectivity index (χ1v) is 8.72. The maximum absolute atomic E-state index is 12.9. The Balaban J connectivity index is 1.96. The second-order valence-electron chi connectivity index (χ2n) is 6.42. The van der Waals surface area contributed by atoms with Crippen LogP contribution in [-0.2, 0) is 4.74 Å². The molecule has 0 saturated heterocycles. The number of nitrogens with zero attached hydrogens (tertiary/aromatic N) is 2. The highest BCUT2D eigenvalue weighted by Crippen LogP contribution is 2.31. The molecular weight excluding hydrogens is 382 g/mol. The van der Waals surface area contributed by atoms with Gasteiger partial charge in [-0.2, -0.15) is 0 Å². The number of benzene rings is 1. The highest BCUT2D eigenvalue weighted by Gasteiger charge is 2.42. The summed E-state index contributed by atoms with van der Waals surface area (Å²) in [4.78, 5) is 64.4. The number of aromatic amines is 1. The monoisotopic (exact) mass is 399 g/mol. The number of nitro groups is 1. The molecule has 0 bridgehead atoms. The average molecular weight is 399 g/mol. The first-order chi connectivity index (χ1) is 13.7. The van der Waals surface area contributed by atoms with E-state index in [1.54, 1.807) is 20.8 Å². The van der Waals surface area contributed by atoms with Gasteiger partial charge in [0.05, 0.1) is 34.8 Å². The summed E-state index contributed by atoms with van der Waals surface area (Å²) in [5.41, 5.74) is -0.117. The van der Waals surface area contributed by atoms with Crippen molar-refractivity contribution in [2.24, 2.45) is 0 Å². The van der Waals surface area contributed by atoms with Crippen molar-refractivity contribution in [3.05, 3.63) is 62.0 Å². The molecule has 1 aromatic heterocycles. The number of nitrogens with one attached hydrogen (secondary N) is 1. The van der Waals surface area contributed by atoms with Crippen LogP contribution in [0.3, 0.4) is 0 Å². The van der Waals surface area contributed by atoms with Gasteiger partial charge >= 0.3 is 5.97 Å². The summed E-state index contributed by atoms with van der Waals surface area (Å²) in [6.07, 6.45) is 0. The second-order valence-corrected chi connectivity index (χ2v) is 6.42. The third-order valence-electron chi connectivity index (χ3n) is 4.61. The van der Waals surface area contributed by atoms with Gasteiger partial charge in [0, 0.05) is 17.5 Å². The van der Waals surface area contributed by atoms with E-state index in [1.807, 2.05) is 0 Å². The Morgan fingerprint density at radius 1 is 1.14 bits per heavy atom. The molecule has 150 valence electrons. The van der Waals surface area contributed by atoms with E-state index in [4.69, 9.17) is 4.74 Å². The molecule has 1 aliphatic rings. The number of aromatic nitrogens is 1. The van der Waals surface area contributed by atoms with E-state index in [0.29, 0.717) is 16.3 Å². The lowest BCUT2D eigenvalue weighted by atomic mass is 10.0. The molecular formula is C19H17N3O7. The lowest BCUT2D eigenvalue weighted by Crippen LogP contribution is -2.35. The zero-order chi connectivity index (χ0) is 21.5. The second kappa shape index (κ2) is 7.30. The van der Waals surface area contributed by atoms with Gasteiger partial charge in [0.25, 0.3) is 17.5 Å². The fraction of sp³-hybridized carbons (Fsp3) is 0.263. The Bertz CT molecular complexity index is 1080. The largest absolute Gasteiger partial charge is 0.462 e. The minimum atomic E-state index is -0.923. The number of fused-ring (bicyclic) bond motifs is 1. The van der Waals surface area contributed by atoms with Crippen molar-refractivity contribution in [1.82, 2.24) is 9.88 Å². The molecule has 1 aromatic carbocycles. The van der Waals surface area contributed by atoms with Crippen LogP contribution in [0.5, 0.6) is 0 Å². The first-order valence-electron chi connectivity index (χ1n) is 8.72. The molecule has 2 amide bonds. The Morgan fingerprint density at radius 3 is 2.41 bits per heavy atom. The SMILES string of the molecule is CCOC(=O)c1c(C)[nH]c(C)c1C(=O)CN1C(=O)c2cccc([N+](=O)[O-])c2C1=O. The minimum absolute atomic E-state index is 0.0204. The third kappa shape index (κ3) is 3.18. The van der Waals surface area contributed by atoms with E-state index in [2.05, 4.69) is 4.98 Å². The number of imide groups is 1. The predicted octanol–water partition coefficient (Wildman–Crippen LogP) is 2.20. The lowest BCUT2D eigenvalue weighted by Gasteiger charge is -2.13. The third-order valence-corrected chi connectivity index (χ3v) is 4.61. The number of rotatable bonds is 6. The van der Waals surface area contributed by atoms with E-state index >= 15 is 0 Å². The molecule has 0 unspecified atom stereocenters. The molecule has 1 N–H and O–H groups in total. The molecule has 3 rings (SSSR count). The summed E-state index contributed by atoms with van der Waals surface area (Å²) in [6.45, 7) is 4.25. The zero-order valence-electron chi connectivity index (χ0n) is 15.9. The van der Waals surface area contributed by atoms with Gasteiger partial charge in [-0.05, 0) is 26.8 Å². The van der Waals surface area contributed by atoms with E-state index in [0.717, 1.165) is 6.07 Å². The molecule has 0 fully saturated rings. The van der Waals surface area contributed by atoms with Gasteiger partial charge in [-0.3, -0.25) is 29.4 Å². The summed E-state index contributed by atoms with van der Waals surface area (Å²) in [6, 6.07) is 3.71. The molecule has 29 heavy (non-hydrogen) atoms. The summed E-state index contributed by atoms with van der Waals surface area (Å²) in [5, 5.41) is 11.2. The van der Waals surface area contributed by atoms with Gasteiger partial charge in [0.15, 0.2) is 5.78 Å². The zero-order valence-corrected chi connectivity index (χ0v) is 15.9. The maximum Gasteiger partial charge on any atom is 0.340 e. The van der Waals surface area contributed by atoms with Gasteiger partial charge in [-0.1, -0.05) is 6.07 Å². The summed E-state index contributed by atoms with van der Waals surface area (Å²) >= 11 is 0. The van der Waals surface area contributed by atoms with Crippen LogP contribution in [0.1, 0.15) is 59.7 Å². The number of carbonyl (C=O) groups is 4. The molecule has 0 aliphatic carbocycles. The topological polar surface area (TPSA) is 140 Å². The Kier molecular flexibility index (Phi) is 5.02. The first kappa shape index (κ1) is 19.9. The van der Waals surface area contributed by atoms with Crippen LogP contribution < -0.4 is 0 Å². The van der Waals surface area contributed by atoms with Crippen LogP contribution >= 0.6 is 0 Å². The van der Waals surface area contributed by atoms with Gasteiger partial charge in [-0.15, -0.1) is 0 Å². The minimum Gasteiger partial charge on any atom is -0.462 e. The maximum atomic E-state index is 12.9. The summed E-state index contributed by atoms with van der Waals surface area (Å²) in [5.74, 6) is -3.08. The number of Topliss-reactive ketones (excluding diaryl/α,β-unsaturated/α-hetero) is 1. The van der Waals surface area contributed by atoms with Gasteiger partial charge in [0.2, 0.25) is 0 Å². The van der Waals surface area contributed by atoms with Crippen LogP contribution in [0.25, 0.3) is 0 Å². The Labute approximate surface area is 164 Å². The number of hydrogen-bond acceptors (Lipinski definition) is 7. The van der Waals surface area contributed by atoms with Gasteiger partial charge in [-0.25, -0.2) is 4.79 Å². The van der Waals surface area contributed by atoms with Crippen LogP contribution in [-0.4, -0.2) is 51.5 Å². The number of ketones is 1. The summed E-state index contributed by atoms with van der Waals surface area (Å²) in [7, 11) is 0. The number of carbonyl (C=O) groups excluding carboxylic acids is 4. The highest BCUT2D eigenvalue weighted by molar-refractivity contribution is 6.25. The van der Waals surface area contributed by atoms with E-state index < -0.39 is 40.7 Å². The van der Waals surface area contributed by atoms with Crippen LogP contribution in [0.15, 0.2) is 18.2 Å². The van der Waals surface area contributed by atoms with Crippen LogP contribution in [0.4, 0.5) is 5.69 Å². The Morgan fingerprint density at radius 2 is 1.79 bits per heavy atom. The van der Waals surface area contributed by atoms with Crippen molar-refractivity contribution in [1.29, 1.82) is 0 Å². The molecule has 2 aromatic rings. The molecule has 0 spiro atoms.